The fourth-order valence-electron chi connectivity index (χ4n) is 3.43. The molecule has 6 heteroatoms. The zero-order chi connectivity index (χ0) is 21.5. The van der Waals surface area contributed by atoms with Crippen molar-refractivity contribution in [2.75, 3.05) is 13.2 Å². The zero-order valence-corrected chi connectivity index (χ0v) is 17.7. The molecule has 1 aliphatic heterocycles. The molecule has 0 bridgehead atoms. The average molecular weight is 434 g/mol. The number of carbonyl (C=O) groups is 2. The van der Waals surface area contributed by atoms with Crippen molar-refractivity contribution in [2.45, 2.75) is 17.8 Å². The number of benzene rings is 3. The van der Waals surface area contributed by atoms with Gasteiger partial charge in [0, 0.05) is 0 Å². The molecule has 1 fully saturated rings. The van der Waals surface area contributed by atoms with E-state index >= 15 is 0 Å². The Morgan fingerprint density at radius 2 is 1.42 bits per heavy atom. The molecule has 4 rings (SSSR count). The monoisotopic (exact) mass is 433 g/mol. The highest BCUT2D eigenvalue weighted by Gasteiger charge is 2.31. The number of hydrogen-bond acceptors (Lipinski definition) is 5. The summed E-state index contributed by atoms with van der Waals surface area (Å²) in [4.78, 5) is 23.0. The number of rotatable bonds is 9. The van der Waals surface area contributed by atoms with Crippen molar-refractivity contribution in [1.82, 2.24) is 5.32 Å². The summed E-state index contributed by atoms with van der Waals surface area (Å²) < 4.78 is 12.0. The largest absolute Gasteiger partial charge is 0.491 e. The van der Waals surface area contributed by atoms with Crippen molar-refractivity contribution in [3.63, 3.8) is 0 Å². The van der Waals surface area contributed by atoms with Crippen LogP contribution in [0.15, 0.2) is 84.9 Å². The van der Waals surface area contributed by atoms with Crippen LogP contribution in [0.2, 0.25) is 0 Å². The average Bonchev–Trinajstić information content (AvgIpc) is 3.12. The minimum Gasteiger partial charge on any atom is -0.491 e. The van der Waals surface area contributed by atoms with Gasteiger partial charge in [-0.3, -0.25) is 14.9 Å². The molecule has 0 radical (unpaired) electrons. The Hall–Kier alpha value is -3.09. The molecule has 31 heavy (non-hydrogen) atoms. The third kappa shape index (κ3) is 5.75. The first-order valence-electron chi connectivity index (χ1n) is 10.1. The van der Waals surface area contributed by atoms with E-state index in [-0.39, 0.29) is 22.5 Å². The van der Waals surface area contributed by atoms with Crippen LogP contribution in [0, 0.1) is 0 Å². The van der Waals surface area contributed by atoms with Gasteiger partial charge in [0.15, 0.2) is 0 Å². The number of hydrogen-bond donors (Lipinski definition) is 1. The predicted octanol–water partition coefficient (Wildman–Crippen LogP) is 4.77. The SMILES string of the molecule is O=C1NC(=O)C(Cc2ccc(OCCOC(c3ccccc3)c3ccccc3)cc2)S1. The Morgan fingerprint density at radius 3 is 1.97 bits per heavy atom. The Balaban J connectivity index is 1.29. The van der Waals surface area contributed by atoms with Gasteiger partial charge in [-0.05, 0) is 35.2 Å². The summed E-state index contributed by atoms with van der Waals surface area (Å²) in [6.45, 7) is 0.863. The molecule has 0 aliphatic carbocycles. The molecule has 3 aromatic carbocycles. The van der Waals surface area contributed by atoms with E-state index in [1.54, 1.807) is 0 Å². The number of nitrogens with one attached hydrogen (secondary N) is 1. The lowest BCUT2D eigenvalue weighted by Gasteiger charge is -2.19. The van der Waals surface area contributed by atoms with Gasteiger partial charge in [0.05, 0.1) is 11.9 Å². The van der Waals surface area contributed by atoms with Crippen molar-refractivity contribution < 1.29 is 19.1 Å². The third-order valence-electron chi connectivity index (χ3n) is 4.95. The van der Waals surface area contributed by atoms with Crippen LogP contribution in [0.5, 0.6) is 5.75 Å². The van der Waals surface area contributed by atoms with E-state index in [0.29, 0.717) is 19.6 Å². The van der Waals surface area contributed by atoms with Crippen molar-refractivity contribution in [3.05, 3.63) is 102 Å². The first kappa shape index (κ1) is 21.2. The van der Waals surface area contributed by atoms with Gasteiger partial charge in [-0.2, -0.15) is 0 Å². The second-order valence-corrected chi connectivity index (χ2v) is 8.33. The minimum absolute atomic E-state index is 0.147. The van der Waals surface area contributed by atoms with Crippen LogP contribution in [0.25, 0.3) is 0 Å². The first-order valence-corrected chi connectivity index (χ1v) is 11.0. The molecular weight excluding hydrogens is 410 g/mol. The van der Waals surface area contributed by atoms with Gasteiger partial charge in [-0.25, -0.2) is 0 Å². The maximum Gasteiger partial charge on any atom is 0.286 e. The van der Waals surface area contributed by atoms with E-state index in [1.165, 1.54) is 0 Å². The quantitative estimate of drug-likeness (QED) is 0.493. The molecule has 1 aliphatic rings. The van der Waals surface area contributed by atoms with Crippen LogP contribution in [-0.4, -0.2) is 29.6 Å². The first-order chi connectivity index (χ1) is 15.2. The Bertz CT molecular complexity index is 969. The molecule has 1 saturated heterocycles. The summed E-state index contributed by atoms with van der Waals surface area (Å²) in [5.74, 6) is 0.516. The summed E-state index contributed by atoms with van der Waals surface area (Å²) in [5.41, 5.74) is 3.19. The molecule has 158 valence electrons. The van der Waals surface area contributed by atoms with Gasteiger partial charge in [0.25, 0.3) is 5.24 Å². The zero-order valence-electron chi connectivity index (χ0n) is 16.9. The van der Waals surface area contributed by atoms with Gasteiger partial charge in [-0.1, -0.05) is 84.6 Å². The Morgan fingerprint density at radius 1 is 0.806 bits per heavy atom. The Kier molecular flexibility index (Phi) is 7.02. The van der Waals surface area contributed by atoms with E-state index in [1.807, 2.05) is 60.7 Å². The van der Waals surface area contributed by atoms with Crippen LogP contribution in [0.1, 0.15) is 22.8 Å². The summed E-state index contributed by atoms with van der Waals surface area (Å²) >= 11 is 1.04. The summed E-state index contributed by atoms with van der Waals surface area (Å²) in [6, 6.07) is 27.9. The molecule has 1 heterocycles. The Labute approximate surface area is 185 Å². The third-order valence-corrected chi connectivity index (χ3v) is 5.93. The molecule has 0 saturated carbocycles. The van der Waals surface area contributed by atoms with Crippen LogP contribution in [0.4, 0.5) is 4.79 Å². The summed E-state index contributed by atoms with van der Waals surface area (Å²) in [6.07, 6.45) is 0.368. The fraction of sp³-hybridized carbons (Fsp3) is 0.200. The topological polar surface area (TPSA) is 64.6 Å². The van der Waals surface area contributed by atoms with Gasteiger partial charge in [-0.15, -0.1) is 0 Å². The molecule has 0 aromatic heterocycles. The normalized spacial score (nSPS) is 15.8. The van der Waals surface area contributed by atoms with Crippen molar-refractivity contribution in [1.29, 1.82) is 0 Å². The fourth-order valence-corrected chi connectivity index (χ4v) is 4.29. The van der Waals surface area contributed by atoms with Crippen molar-refractivity contribution in [2.24, 2.45) is 0 Å². The molecule has 2 amide bonds. The summed E-state index contributed by atoms with van der Waals surface area (Å²) in [7, 11) is 0. The van der Waals surface area contributed by atoms with Gasteiger partial charge < -0.3 is 9.47 Å². The molecule has 1 unspecified atom stereocenters. The maximum absolute atomic E-state index is 11.7. The smallest absolute Gasteiger partial charge is 0.286 e. The molecule has 1 N–H and O–H groups in total. The van der Waals surface area contributed by atoms with Gasteiger partial charge in [0.1, 0.15) is 18.5 Å². The van der Waals surface area contributed by atoms with E-state index < -0.39 is 0 Å². The molecule has 0 spiro atoms. The lowest BCUT2D eigenvalue weighted by atomic mass is 10.0. The van der Waals surface area contributed by atoms with Gasteiger partial charge in [0.2, 0.25) is 5.91 Å². The van der Waals surface area contributed by atoms with E-state index in [2.05, 4.69) is 29.6 Å². The van der Waals surface area contributed by atoms with Crippen LogP contribution >= 0.6 is 11.8 Å². The number of imide groups is 1. The van der Waals surface area contributed by atoms with Crippen molar-refractivity contribution in [3.8, 4) is 5.75 Å². The van der Waals surface area contributed by atoms with Crippen LogP contribution in [0.3, 0.4) is 0 Å². The van der Waals surface area contributed by atoms with E-state index in [0.717, 1.165) is 34.2 Å². The number of amides is 2. The highest BCUT2D eigenvalue weighted by molar-refractivity contribution is 8.15. The van der Waals surface area contributed by atoms with E-state index in [9.17, 15) is 9.59 Å². The molecule has 5 nitrogen and oxygen atoms in total. The van der Waals surface area contributed by atoms with E-state index in [4.69, 9.17) is 9.47 Å². The summed E-state index contributed by atoms with van der Waals surface area (Å²) in [5, 5.41) is 1.67. The number of ether oxygens (including phenoxy) is 2. The molecule has 3 aromatic rings. The van der Waals surface area contributed by atoms with Gasteiger partial charge >= 0.3 is 0 Å². The second kappa shape index (κ2) is 10.3. The van der Waals surface area contributed by atoms with Crippen LogP contribution in [-0.2, 0) is 16.0 Å². The molecule has 1 atom stereocenters. The number of carbonyl (C=O) groups excluding carboxylic acids is 2. The highest BCUT2D eigenvalue weighted by Crippen LogP contribution is 2.26. The lowest BCUT2D eigenvalue weighted by molar-refractivity contribution is -0.118. The lowest BCUT2D eigenvalue weighted by Crippen LogP contribution is -2.25. The highest BCUT2D eigenvalue weighted by atomic mass is 32.2. The predicted molar refractivity (Wildman–Crippen MR) is 121 cm³/mol. The number of thioether (sulfide) groups is 1. The second-order valence-electron chi connectivity index (χ2n) is 7.15. The maximum atomic E-state index is 11.7. The standard InChI is InChI=1S/C25H23NO4S/c27-24-22(31-25(28)26-24)17-18-11-13-21(14-12-18)29-15-16-30-23(19-7-3-1-4-8-19)20-9-5-2-6-10-20/h1-14,22-23H,15-17H2,(H,26,27,28). The molecular formula is C25H23NO4S. The minimum atomic E-state index is -0.361. The van der Waals surface area contributed by atoms with Crippen LogP contribution < -0.4 is 10.1 Å². The van der Waals surface area contributed by atoms with Crippen molar-refractivity contribution >= 4 is 22.9 Å².